The molecule has 1 unspecified atom stereocenters. The van der Waals surface area contributed by atoms with E-state index in [9.17, 15) is 4.79 Å². The van der Waals surface area contributed by atoms with Crippen LogP contribution < -0.4 is 10.2 Å². The molecule has 2 aromatic rings. The zero-order valence-electron chi connectivity index (χ0n) is 16.6. The van der Waals surface area contributed by atoms with Crippen molar-refractivity contribution < 1.29 is 13.9 Å². The number of hydrogen-bond donors (Lipinski definition) is 1. The second-order valence-electron chi connectivity index (χ2n) is 8.42. The summed E-state index contributed by atoms with van der Waals surface area (Å²) in [4.78, 5) is 24.2. The van der Waals surface area contributed by atoms with Gasteiger partial charge in [0.1, 0.15) is 5.76 Å². The normalized spacial score (nSPS) is 21.2. The number of nitrogens with one attached hydrogen (secondary N) is 1. The van der Waals surface area contributed by atoms with Crippen LogP contribution in [0, 0.1) is 5.41 Å². The van der Waals surface area contributed by atoms with Crippen LogP contribution in [0.3, 0.4) is 0 Å². The van der Waals surface area contributed by atoms with Gasteiger partial charge in [-0.15, -0.1) is 0 Å². The number of carbonyl (C=O) groups is 1. The molecule has 2 aliphatic rings. The molecule has 0 spiro atoms. The highest BCUT2D eigenvalue weighted by Crippen LogP contribution is 2.40. The summed E-state index contributed by atoms with van der Waals surface area (Å²) in [5, 5.41) is 3.20. The molecule has 1 aliphatic heterocycles. The van der Waals surface area contributed by atoms with Crippen molar-refractivity contribution in [3.05, 3.63) is 41.6 Å². The first-order chi connectivity index (χ1) is 13.5. The largest absolute Gasteiger partial charge is 0.469 e. The molecule has 0 saturated carbocycles. The molecule has 1 aliphatic carbocycles. The van der Waals surface area contributed by atoms with E-state index in [1.807, 2.05) is 18.3 Å². The SMILES string of the molecule is CC1(C)Cc2nc(N3CCOCC3)ncc2C(NC(=O)CCc2ccco2)C1. The van der Waals surface area contributed by atoms with Crippen molar-refractivity contribution in [2.45, 2.75) is 45.6 Å². The van der Waals surface area contributed by atoms with E-state index >= 15 is 0 Å². The van der Waals surface area contributed by atoms with E-state index in [1.54, 1.807) is 6.26 Å². The van der Waals surface area contributed by atoms with Crippen molar-refractivity contribution >= 4 is 11.9 Å². The van der Waals surface area contributed by atoms with Crippen molar-refractivity contribution in [2.75, 3.05) is 31.2 Å². The number of fused-ring (bicyclic) bond motifs is 1. The van der Waals surface area contributed by atoms with Crippen LogP contribution in [0.1, 0.15) is 49.7 Å². The Bertz CT molecular complexity index is 813. The lowest BCUT2D eigenvalue weighted by atomic mass is 9.74. The number of aryl methyl sites for hydroxylation is 1. The maximum Gasteiger partial charge on any atom is 0.225 e. The highest BCUT2D eigenvalue weighted by Gasteiger charge is 2.35. The third kappa shape index (κ3) is 4.35. The molecular formula is C21H28N4O3. The molecule has 1 atom stereocenters. The average molecular weight is 384 g/mol. The first-order valence-corrected chi connectivity index (χ1v) is 10.0. The average Bonchev–Trinajstić information content (AvgIpc) is 3.19. The molecule has 7 nitrogen and oxygen atoms in total. The van der Waals surface area contributed by atoms with E-state index < -0.39 is 0 Å². The Kier molecular flexibility index (Phi) is 5.35. The number of nitrogens with zero attached hydrogens (tertiary/aromatic N) is 3. The summed E-state index contributed by atoms with van der Waals surface area (Å²) in [5.41, 5.74) is 2.16. The van der Waals surface area contributed by atoms with E-state index in [0.717, 1.165) is 48.9 Å². The Morgan fingerprint density at radius 2 is 2.18 bits per heavy atom. The lowest BCUT2D eigenvalue weighted by molar-refractivity contribution is -0.122. The number of aromatic nitrogens is 2. The lowest BCUT2D eigenvalue weighted by Crippen LogP contribution is -2.39. The summed E-state index contributed by atoms with van der Waals surface area (Å²) >= 11 is 0. The van der Waals surface area contributed by atoms with Crippen LogP contribution in [0.5, 0.6) is 0 Å². The van der Waals surface area contributed by atoms with Gasteiger partial charge in [-0.1, -0.05) is 13.8 Å². The Morgan fingerprint density at radius 1 is 1.36 bits per heavy atom. The first kappa shape index (κ1) is 18.9. The highest BCUT2D eigenvalue weighted by atomic mass is 16.5. The van der Waals surface area contributed by atoms with Crippen molar-refractivity contribution in [3.63, 3.8) is 0 Å². The van der Waals surface area contributed by atoms with Gasteiger partial charge in [0.2, 0.25) is 11.9 Å². The zero-order valence-corrected chi connectivity index (χ0v) is 16.6. The molecule has 2 aromatic heterocycles. The first-order valence-electron chi connectivity index (χ1n) is 10.0. The molecule has 1 fully saturated rings. The van der Waals surface area contributed by atoms with Crippen molar-refractivity contribution in [3.8, 4) is 0 Å². The zero-order chi connectivity index (χ0) is 19.6. The Morgan fingerprint density at radius 3 is 2.93 bits per heavy atom. The van der Waals surface area contributed by atoms with E-state index in [1.165, 1.54) is 0 Å². The number of morpholine rings is 1. The fourth-order valence-corrected chi connectivity index (χ4v) is 4.04. The molecular weight excluding hydrogens is 356 g/mol. The van der Waals surface area contributed by atoms with Gasteiger partial charge in [0.05, 0.1) is 31.2 Å². The number of anilines is 1. The molecule has 7 heteroatoms. The number of furan rings is 1. The molecule has 0 radical (unpaired) electrons. The minimum absolute atomic E-state index is 0.0299. The van der Waals surface area contributed by atoms with Crippen LogP contribution in [0.25, 0.3) is 0 Å². The molecule has 28 heavy (non-hydrogen) atoms. The second kappa shape index (κ2) is 7.91. The van der Waals surface area contributed by atoms with E-state index in [4.69, 9.17) is 14.1 Å². The predicted octanol–water partition coefficient (Wildman–Crippen LogP) is 2.67. The number of ether oxygens (including phenoxy) is 1. The number of rotatable bonds is 5. The van der Waals surface area contributed by atoms with Gasteiger partial charge in [0.25, 0.3) is 0 Å². The third-order valence-electron chi connectivity index (χ3n) is 5.47. The lowest BCUT2D eigenvalue weighted by Gasteiger charge is -2.37. The monoisotopic (exact) mass is 384 g/mol. The maximum atomic E-state index is 12.5. The van der Waals surface area contributed by atoms with Gasteiger partial charge in [-0.3, -0.25) is 4.79 Å². The summed E-state index contributed by atoms with van der Waals surface area (Å²) in [7, 11) is 0. The minimum Gasteiger partial charge on any atom is -0.469 e. The summed E-state index contributed by atoms with van der Waals surface area (Å²) < 4.78 is 10.7. The summed E-state index contributed by atoms with van der Waals surface area (Å²) in [6.07, 6.45) is 6.32. The number of carbonyl (C=O) groups excluding carboxylic acids is 1. The van der Waals surface area contributed by atoms with E-state index in [2.05, 4.69) is 29.0 Å². The second-order valence-corrected chi connectivity index (χ2v) is 8.42. The summed E-state index contributed by atoms with van der Waals surface area (Å²) in [6, 6.07) is 3.69. The third-order valence-corrected chi connectivity index (χ3v) is 5.47. The minimum atomic E-state index is -0.0541. The van der Waals surface area contributed by atoms with Gasteiger partial charge < -0.3 is 19.4 Å². The Balaban J connectivity index is 1.48. The fourth-order valence-electron chi connectivity index (χ4n) is 4.04. The molecule has 1 saturated heterocycles. The molecule has 1 amide bonds. The van der Waals surface area contributed by atoms with Crippen molar-refractivity contribution in [1.82, 2.24) is 15.3 Å². The van der Waals surface area contributed by atoms with Crippen molar-refractivity contribution in [1.29, 1.82) is 0 Å². The van der Waals surface area contributed by atoms with Gasteiger partial charge in [-0.2, -0.15) is 0 Å². The maximum absolute atomic E-state index is 12.5. The van der Waals surface area contributed by atoms with E-state index in [-0.39, 0.29) is 17.4 Å². The van der Waals surface area contributed by atoms with Gasteiger partial charge in [-0.05, 0) is 30.4 Å². The molecule has 0 bridgehead atoms. The molecule has 150 valence electrons. The van der Waals surface area contributed by atoms with Crippen LogP contribution in [0.15, 0.2) is 29.0 Å². The Labute approximate surface area is 165 Å². The summed E-state index contributed by atoms with van der Waals surface area (Å²) in [6.45, 7) is 7.51. The van der Waals surface area contributed by atoms with Crippen LogP contribution in [-0.2, 0) is 22.4 Å². The molecule has 3 heterocycles. The van der Waals surface area contributed by atoms with E-state index in [0.29, 0.717) is 26.1 Å². The number of hydrogen-bond acceptors (Lipinski definition) is 6. The van der Waals surface area contributed by atoms with Crippen LogP contribution >= 0.6 is 0 Å². The predicted molar refractivity (Wildman–Crippen MR) is 105 cm³/mol. The fraction of sp³-hybridized carbons (Fsp3) is 0.571. The van der Waals surface area contributed by atoms with Crippen LogP contribution in [0.2, 0.25) is 0 Å². The molecule has 4 rings (SSSR count). The quantitative estimate of drug-likeness (QED) is 0.854. The summed E-state index contributed by atoms with van der Waals surface area (Å²) in [5.74, 6) is 1.63. The smallest absolute Gasteiger partial charge is 0.225 e. The van der Waals surface area contributed by atoms with Gasteiger partial charge in [0, 0.05) is 37.7 Å². The van der Waals surface area contributed by atoms with Crippen molar-refractivity contribution in [2.24, 2.45) is 5.41 Å². The molecule has 1 N–H and O–H groups in total. The topological polar surface area (TPSA) is 80.5 Å². The number of amides is 1. The Hall–Kier alpha value is -2.41. The highest BCUT2D eigenvalue weighted by molar-refractivity contribution is 5.76. The van der Waals surface area contributed by atoms with Gasteiger partial charge in [0.15, 0.2) is 0 Å². The van der Waals surface area contributed by atoms with Crippen LogP contribution in [0.4, 0.5) is 5.95 Å². The van der Waals surface area contributed by atoms with Gasteiger partial charge >= 0.3 is 0 Å². The van der Waals surface area contributed by atoms with Gasteiger partial charge in [-0.25, -0.2) is 9.97 Å². The molecule has 0 aromatic carbocycles. The van der Waals surface area contributed by atoms with Crippen LogP contribution in [-0.4, -0.2) is 42.2 Å². The standard InChI is InChI=1S/C21H28N4O3/c1-21(2)12-17(23-19(26)6-5-15-4-3-9-28-15)16-14-22-20(24-18(16)13-21)25-7-10-27-11-8-25/h3-4,9,14,17H,5-8,10-13H2,1-2H3,(H,23,26).